The molecule has 1 rings (SSSR count). The van der Waals surface area contributed by atoms with Crippen LogP contribution in [0.15, 0.2) is 18.2 Å². The molecule has 82 valence electrons. The van der Waals surface area contributed by atoms with E-state index in [9.17, 15) is 18.0 Å². The Labute approximate surface area is 89.9 Å². The molecule has 5 heteroatoms. The fourth-order valence-corrected chi connectivity index (χ4v) is 1.46. The van der Waals surface area contributed by atoms with Crippen LogP contribution < -0.4 is 0 Å². The third-order valence-electron chi connectivity index (χ3n) is 2.06. The zero-order valence-electron chi connectivity index (χ0n) is 7.86. The highest BCUT2D eigenvalue weighted by molar-refractivity contribution is 6.30. The molecule has 0 unspecified atom stereocenters. The van der Waals surface area contributed by atoms with E-state index >= 15 is 0 Å². The summed E-state index contributed by atoms with van der Waals surface area (Å²) in [5.74, 6) is -0.817. The molecule has 0 heterocycles. The quantitative estimate of drug-likeness (QED) is 0.568. The van der Waals surface area contributed by atoms with Crippen LogP contribution in [0.4, 0.5) is 13.2 Å². The molecule has 0 saturated heterocycles. The Balaban J connectivity index is 3.30. The van der Waals surface area contributed by atoms with Gasteiger partial charge in [0.25, 0.3) is 0 Å². The van der Waals surface area contributed by atoms with E-state index < -0.39 is 17.5 Å². The summed E-state index contributed by atoms with van der Waals surface area (Å²) in [5.41, 5.74) is -0.839. The minimum atomic E-state index is -4.44. The molecule has 0 aliphatic heterocycles. The van der Waals surface area contributed by atoms with Crippen molar-refractivity contribution in [1.82, 2.24) is 0 Å². The van der Waals surface area contributed by atoms with Crippen molar-refractivity contribution in [3.8, 4) is 0 Å². The summed E-state index contributed by atoms with van der Waals surface area (Å²) in [6, 6.07) is 3.49. The second-order valence-corrected chi connectivity index (χ2v) is 3.30. The second-order valence-electron chi connectivity index (χ2n) is 3.03. The molecule has 1 aromatic rings. The van der Waals surface area contributed by atoms with Gasteiger partial charge in [-0.2, -0.15) is 13.2 Å². The Hall–Kier alpha value is -1.03. The van der Waals surface area contributed by atoms with Gasteiger partial charge in [0.15, 0.2) is 5.78 Å². The van der Waals surface area contributed by atoms with Crippen LogP contribution in [0.5, 0.6) is 0 Å². The van der Waals surface area contributed by atoms with Crippen molar-refractivity contribution in [2.24, 2.45) is 0 Å². The van der Waals surface area contributed by atoms with Crippen molar-refractivity contribution in [2.75, 3.05) is 5.88 Å². The van der Waals surface area contributed by atoms with E-state index in [1.165, 1.54) is 19.1 Å². The van der Waals surface area contributed by atoms with Gasteiger partial charge in [-0.05, 0) is 18.6 Å². The number of carbonyl (C=O) groups excluding carboxylic acids is 1. The lowest BCUT2D eigenvalue weighted by Gasteiger charge is -2.12. The summed E-state index contributed by atoms with van der Waals surface area (Å²) < 4.78 is 37.4. The Morgan fingerprint density at radius 3 is 2.47 bits per heavy atom. The highest BCUT2D eigenvalue weighted by Crippen LogP contribution is 2.32. The van der Waals surface area contributed by atoms with Crippen molar-refractivity contribution in [2.45, 2.75) is 13.1 Å². The summed E-state index contributed by atoms with van der Waals surface area (Å²) in [4.78, 5) is 11.2. The molecule has 1 nitrogen and oxygen atoms in total. The molecule has 0 saturated carbocycles. The lowest BCUT2D eigenvalue weighted by Crippen LogP contribution is -2.12. The summed E-state index contributed by atoms with van der Waals surface area (Å²) in [7, 11) is 0. The highest BCUT2D eigenvalue weighted by atomic mass is 35.5. The van der Waals surface area contributed by atoms with Gasteiger partial charge in [-0.3, -0.25) is 4.79 Å². The van der Waals surface area contributed by atoms with Crippen LogP contribution in [0.2, 0.25) is 0 Å². The fraction of sp³-hybridized carbons (Fsp3) is 0.300. The number of alkyl halides is 4. The summed E-state index contributed by atoms with van der Waals surface area (Å²) >= 11 is 5.29. The van der Waals surface area contributed by atoms with E-state index in [0.717, 1.165) is 6.07 Å². The van der Waals surface area contributed by atoms with Crippen molar-refractivity contribution in [1.29, 1.82) is 0 Å². The van der Waals surface area contributed by atoms with Crippen molar-refractivity contribution in [3.63, 3.8) is 0 Å². The molecule has 0 fully saturated rings. The molecule has 0 aliphatic rings. The first kappa shape index (κ1) is 12.0. The third-order valence-corrected chi connectivity index (χ3v) is 2.30. The number of ketones is 1. The number of hydrogen-bond donors (Lipinski definition) is 0. The second kappa shape index (κ2) is 4.23. The monoisotopic (exact) mass is 236 g/mol. The maximum atomic E-state index is 12.5. The number of rotatable bonds is 2. The van der Waals surface area contributed by atoms with Gasteiger partial charge in [0.1, 0.15) is 0 Å². The molecule has 0 aliphatic carbocycles. The van der Waals surface area contributed by atoms with E-state index in [-0.39, 0.29) is 17.0 Å². The topological polar surface area (TPSA) is 17.1 Å². The zero-order valence-corrected chi connectivity index (χ0v) is 8.62. The van der Waals surface area contributed by atoms with Gasteiger partial charge in [0.05, 0.1) is 11.4 Å². The van der Waals surface area contributed by atoms with Crippen LogP contribution in [-0.2, 0) is 6.18 Å². The molecule has 0 amide bonds. The molecular formula is C10H8ClF3O. The Morgan fingerprint density at radius 2 is 2.00 bits per heavy atom. The van der Waals surface area contributed by atoms with E-state index in [0.29, 0.717) is 0 Å². The summed E-state index contributed by atoms with van der Waals surface area (Å²) in [5, 5.41) is 0. The SMILES string of the molecule is Cc1c(C(=O)CCl)cccc1C(F)(F)F. The molecule has 15 heavy (non-hydrogen) atoms. The van der Waals surface area contributed by atoms with Crippen LogP contribution >= 0.6 is 11.6 Å². The van der Waals surface area contributed by atoms with Crippen molar-refractivity contribution in [3.05, 3.63) is 34.9 Å². The maximum absolute atomic E-state index is 12.5. The maximum Gasteiger partial charge on any atom is 0.416 e. The normalized spacial score (nSPS) is 11.5. The van der Waals surface area contributed by atoms with Gasteiger partial charge in [-0.15, -0.1) is 11.6 Å². The minimum Gasteiger partial charge on any atom is -0.293 e. The summed E-state index contributed by atoms with van der Waals surface area (Å²) in [6.45, 7) is 1.27. The Kier molecular flexibility index (Phi) is 3.39. The first-order valence-electron chi connectivity index (χ1n) is 4.14. The average molecular weight is 237 g/mol. The number of Topliss-reactive ketones (excluding diaryl/α,β-unsaturated/α-hetero) is 1. The van der Waals surface area contributed by atoms with Gasteiger partial charge in [0.2, 0.25) is 0 Å². The van der Waals surface area contributed by atoms with Crippen LogP contribution in [0.3, 0.4) is 0 Å². The van der Waals surface area contributed by atoms with Gasteiger partial charge >= 0.3 is 6.18 Å². The Bertz CT molecular complexity index is 385. The third kappa shape index (κ3) is 2.50. The number of hydrogen-bond acceptors (Lipinski definition) is 1. The van der Waals surface area contributed by atoms with Crippen molar-refractivity contribution < 1.29 is 18.0 Å². The fourth-order valence-electron chi connectivity index (χ4n) is 1.32. The van der Waals surface area contributed by atoms with Gasteiger partial charge in [-0.25, -0.2) is 0 Å². The highest BCUT2D eigenvalue weighted by Gasteiger charge is 2.33. The van der Waals surface area contributed by atoms with Crippen molar-refractivity contribution >= 4 is 17.4 Å². The molecular weight excluding hydrogens is 229 g/mol. The van der Waals surface area contributed by atoms with E-state index in [1.54, 1.807) is 0 Å². The largest absolute Gasteiger partial charge is 0.416 e. The van der Waals surface area contributed by atoms with E-state index in [4.69, 9.17) is 11.6 Å². The number of halogens is 4. The summed E-state index contributed by atoms with van der Waals surface area (Å²) in [6.07, 6.45) is -4.44. The average Bonchev–Trinajstić information content (AvgIpc) is 2.15. The smallest absolute Gasteiger partial charge is 0.293 e. The minimum absolute atomic E-state index is 0.0276. The molecule has 1 aromatic carbocycles. The first-order valence-corrected chi connectivity index (χ1v) is 4.67. The predicted molar refractivity (Wildman–Crippen MR) is 51.2 cm³/mol. The first-order chi connectivity index (χ1) is 6.88. The molecule has 0 N–H and O–H groups in total. The number of benzene rings is 1. The van der Waals surface area contributed by atoms with Gasteiger partial charge in [-0.1, -0.05) is 12.1 Å². The zero-order chi connectivity index (χ0) is 11.6. The van der Waals surface area contributed by atoms with Crippen LogP contribution in [0.1, 0.15) is 21.5 Å². The lowest BCUT2D eigenvalue weighted by molar-refractivity contribution is -0.138. The van der Waals surface area contributed by atoms with Crippen LogP contribution in [0, 0.1) is 6.92 Å². The van der Waals surface area contributed by atoms with E-state index in [2.05, 4.69) is 0 Å². The lowest BCUT2D eigenvalue weighted by atomic mass is 9.99. The molecule has 0 atom stereocenters. The molecule has 0 spiro atoms. The van der Waals surface area contributed by atoms with Crippen LogP contribution in [0.25, 0.3) is 0 Å². The standard InChI is InChI=1S/C10H8ClF3O/c1-6-7(9(15)5-11)3-2-4-8(6)10(12,13)14/h2-4H,5H2,1H3. The van der Waals surface area contributed by atoms with Gasteiger partial charge < -0.3 is 0 Å². The predicted octanol–water partition coefficient (Wildman–Crippen LogP) is 3.44. The Morgan fingerprint density at radius 1 is 1.40 bits per heavy atom. The molecule has 0 bridgehead atoms. The molecule has 0 aromatic heterocycles. The van der Waals surface area contributed by atoms with E-state index in [1.807, 2.05) is 0 Å². The molecule has 0 radical (unpaired) electrons. The van der Waals surface area contributed by atoms with Gasteiger partial charge in [0, 0.05) is 5.56 Å². The number of carbonyl (C=O) groups is 1. The van der Waals surface area contributed by atoms with Crippen LogP contribution in [-0.4, -0.2) is 11.7 Å².